The van der Waals surface area contributed by atoms with Crippen molar-refractivity contribution in [1.29, 1.82) is 0 Å². The summed E-state index contributed by atoms with van der Waals surface area (Å²) in [6, 6.07) is 10.2. The minimum Gasteiger partial charge on any atom is -0.368 e. The van der Waals surface area contributed by atoms with E-state index < -0.39 is 19.7 Å². The number of anilines is 1. The molecule has 8 nitrogen and oxygen atoms in total. The van der Waals surface area contributed by atoms with Gasteiger partial charge in [0.25, 0.3) is 0 Å². The summed E-state index contributed by atoms with van der Waals surface area (Å²) >= 11 is 0. The van der Waals surface area contributed by atoms with Crippen LogP contribution in [0.25, 0.3) is 5.65 Å². The molecule has 1 aliphatic heterocycles. The van der Waals surface area contributed by atoms with E-state index in [-0.39, 0.29) is 9.79 Å². The minimum atomic E-state index is -3.57. The van der Waals surface area contributed by atoms with E-state index in [0.717, 1.165) is 43.5 Å². The number of piperazine rings is 1. The van der Waals surface area contributed by atoms with Gasteiger partial charge < -0.3 is 9.30 Å². The zero-order valence-corrected chi connectivity index (χ0v) is 18.5. The van der Waals surface area contributed by atoms with Crippen LogP contribution in [0.15, 0.2) is 58.6 Å². The number of hydrogen-bond donors (Lipinski definition) is 0. The van der Waals surface area contributed by atoms with Crippen molar-refractivity contribution in [3.63, 3.8) is 0 Å². The van der Waals surface area contributed by atoms with Crippen LogP contribution < -0.4 is 4.90 Å². The summed E-state index contributed by atoms with van der Waals surface area (Å²) in [6.07, 6.45) is 6.17. The van der Waals surface area contributed by atoms with E-state index in [1.165, 1.54) is 12.1 Å². The molecule has 3 aromatic rings. The second-order valence-electron chi connectivity index (χ2n) is 7.64. The smallest absolute Gasteiger partial charge is 0.177 e. The Morgan fingerprint density at radius 3 is 2.30 bits per heavy atom. The lowest BCUT2D eigenvalue weighted by Crippen LogP contribution is -2.46. The predicted molar refractivity (Wildman–Crippen MR) is 115 cm³/mol. The molecule has 0 saturated carbocycles. The number of hydrogen-bond acceptors (Lipinski definition) is 7. The largest absolute Gasteiger partial charge is 0.368 e. The highest BCUT2D eigenvalue weighted by Crippen LogP contribution is 2.29. The van der Waals surface area contributed by atoms with E-state index >= 15 is 0 Å². The molecule has 2 aromatic heterocycles. The second kappa shape index (κ2) is 7.68. The number of benzene rings is 1. The van der Waals surface area contributed by atoms with Gasteiger partial charge in [0, 0.05) is 57.6 Å². The van der Waals surface area contributed by atoms with Crippen molar-refractivity contribution in [3.05, 3.63) is 54.5 Å². The molecule has 0 bridgehead atoms. The van der Waals surface area contributed by atoms with Crippen molar-refractivity contribution < 1.29 is 16.8 Å². The Bertz CT molecular complexity index is 1260. The Morgan fingerprint density at radius 2 is 1.67 bits per heavy atom. The molecule has 0 amide bonds. The lowest BCUT2D eigenvalue weighted by molar-refractivity contribution is 0.247. The normalized spacial score (nSPS) is 16.3. The van der Waals surface area contributed by atoms with E-state index in [2.05, 4.69) is 9.88 Å². The first-order valence-electron chi connectivity index (χ1n) is 9.55. The zero-order chi connectivity index (χ0) is 21.5. The van der Waals surface area contributed by atoms with Crippen LogP contribution in [0.5, 0.6) is 0 Å². The molecule has 1 aliphatic rings. The monoisotopic (exact) mass is 448 g/mol. The first kappa shape index (κ1) is 20.8. The average Bonchev–Trinajstić information content (AvgIpc) is 3.09. The quantitative estimate of drug-likeness (QED) is 0.584. The number of pyridine rings is 1. The van der Waals surface area contributed by atoms with Gasteiger partial charge in [-0.3, -0.25) is 4.90 Å². The summed E-state index contributed by atoms with van der Waals surface area (Å²) in [7, 11) is -7.06. The Kier molecular flexibility index (Phi) is 5.33. The fourth-order valence-corrected chi connectivity index (χ4v) is 5.36. The van der Waals surface area contributed by atoms with E-state index in [0.29, 0.717) is 18.8 Å². The molecule has 4 rings (SSSR count). The maximum atomic E-state index is 12.3. The summed E-state index contributed by atoms with van der Waals surface area (Å²) in [4.78, 5) is 8.98. The minimum absolute atomic E-state index is 0.0113. The number of rotatable bonds is 5. The summed E-state index contributed by atoms with van der Waals surface area (Å²) < 4.78 is 50.4. The molecule has 0 radical (unpaired) electrons. The number of fused-ring (bicyclic) bond motifs is 1. The molecule has 3 heterocycles. The molecule has 0 N–H and O–H groups in total. The van der Waals surface area contributed by atoms with Crippen LogP contribution in [0.1, 0.15) is 5.69 Å². The van der Waals surface area contributed by atoms with Crippen molar-refractivity contribution in [2.75, 3.05) is 43.6 Å². The number of nitrogens with zero attached hydrogens (tertiary/aromatic N) is 4. The molecule has 160 valence electrons. The first-order chi connectivity index (χ1) is 14.1. The van der Waals surface area contributed by atoms with Gasteiger partial charge in [0.1, 0.15) is 5.65 Å². The van der Waals surface area contributed by atoms with Crippen molar-refractivity contribution >= 4 is 31.0 Å². The topological polar surface area (TPSA) is 92.1 Å². The van der Waals surface area contributed by atoms with E-state index in [9.17, 15) is 16.8 Å². The molecule has 0 atom stereocenters. The van der Waals surface area contributed by atoms with Crippen LogP contribution in [0.4, 0.5) is 5.69 Å². The maximum Gasteiger partial charge on any atom is 0.177 e. The van der Waals surface area contributed by atoms with Crippen LogP contribution in [-0.2, 0) is 26.2 Å². The van der Waals surface area contributed by atoms with Crippen LogP contribution in [0.3, 0.4) is 0 Å². The van der Waals surface area contributed by atoms with Gasteiger partial charge in [-0.2, -0.15) is 0 Å². The second-order valence-corrected chi connectivity index (χ2v) is 11.6. The number of sulfone groups is 2. The molecule has 1 saturated heterocycles. The van der Waals surface area contributed by atoms with E-state index in [1.54, 1.807) is 6.07 Å². The molecule has 1 fully saturated rings. The maximum absolute atomic E-state index is 12.3. The third-order valence-corrected chi connectivity index (χ3v) is 7.51. The van der Waals surface area contributed by atoms with Gasteiger partial charge in [0.15, 0.2) is 19.7 Å². The Labute approximate surface area is 176 Å². The summed E-state index contributed by atoms with van der Waals surface area (Å²) in [5, 5.41) is 0. The molecule has 1 aromatic carbocycles. The lowest BCUT2D eigenvalue weighted by Gasteiger charge is -2.36. The molecule has 30 heavy (non-hydrogen) atoms. The van der Waals surface area contributed by atoms with Gasteiger partial charge in [0.05, 0.1) is 21.2 Å². The predicted octanol–water partition coefficient (Wildman–Crippen LogP) is 1.46. The van der Waals surface area contributed by atoms with Crippen molar-refractivity contribution in [2.45, 2.75) is 16.3 Å². The van der Waals surface area contributed by atoms with Gasteiger partial charge in [-0.05, 0) is 30.3 Å². The molecular weight excluding hydrogens is 424 g/mol. The molecule has 0 spiro atoms. The average molecular weight is 449 g/mol. The Hall–Kier alpha value is -2.43. The van der Waals surface area contributed by atoms with E-state index in [1.807, 2.05) is 39.9 Å². The third-order valence-electron chi connectivity index (χ3n) is 5.27. The number of aromatic nitrogens is 2. The molecule has 0 aliphatic carbocycles. The van der Waals surface area contributed by atoms with Crippen LogP contribution in [-0.4, -0.2) is 69.8 Å². The van der Waals surface area contributed by atoms with Crippen LogP contribution >= 0.6 is 0 Å². The summed E-state index contributed by atoms with van der Waals surface area (Å²) in [6.45, 7) is 3.53. The highest BCUT2D eigenvalue weighted by Gasteiger charge is 2.24. The van der Waals surface area contributed by atoms with Crippen molar-refractivity contribution in [3.8, 4) is 0 Å². The molecular formula is C20H24N4O4S2. The highest BCUT2D eigenvalue weighted by atomic mass is 32.2. The Balaban J connectivity index is 1.51. The number of imidazole rings is 1. The third kappa shape index (κ3) is 4.35. The Morgan fingerprint density at radius 1 is 0.933 bits per heavy atom. The standard InChI is InChI=1S/C20H24N4O4S2/c1-29(25,26)17-6-7-18(19(13-17)30(2,27)28)23-11-9-22(10-12-23)14-16-15-24-8-4-3-5-20(24)21-16/h3-8,13,15H,9-12,14H2,1-2H3. The zero-order valence-electron chi connectivity index (χ0n) is 16.9. The van der Waals surface area contributed by atoms with Gasteiger partial charge >= 0.3 is 0 Å². The van der Waals surface area contributed by atoms with Gasteiger partial charge in [-0.25, -0.2) is 21.8 Å². The van der Waals surface area contributed by atoms with Crippen molar-refractivity contribution in [1.82, 2.24) is 14.3 Å². The van der Waals surface area contributed by atoms with Crippen LogP contribution in [0, 0.1) is 0 Å². The van der Waals surface area contributed by atoms with Crippen molar-refractivity contribution in [2.24, 2.45) is 0 Å². The van der Waals surface area contributed by atoms with Gasteiger partial charge in [-0.1, -0.05) is 6.07 Å². The van der Waals surface area contributed by atoms with Gasteiger partial charge in [0.2, 0.25) is 0 Å². The molecule has 10 heteroatoms. The first-order valence-corrected chi connectivity index (χ1v) is 13.3. The highest BCUT2D eigenvalue weighted by molar-refractivity contribution is 7.91. The van der Waals surface area contributed by atoms with Crippen LogP contribution in [0.2, 0.25) is 0 Å². The lowest BCUT2D eigenvalue weighted by atomic mass is 10.2. The summed E-state index contributed by atoms with van der Waals surface area (Å²) in [5.41, 5.74) is 2.45. The fourth-order valence-electron chi connectivity index (χ4n) is 3.72. The van der Waals surface area contributed by atoms with Gasteiger partial charge in [-0.15, -0.1) is 0 Å². The SMILES string of the molecule is CS(=O)(=O)c1ccc(N2CCN(Cc3cn4ccccc4n3)CC2)c(S(C)(=O)=O)c1. The fraction of sp³-hybridized carbons (Fsp3) is 0.350. The molecule has 0 unspecified atom stereocenters. The summed E-state index contributed by atoms with van der Waals surface area (Å²) in [5.74, 6) is 0. The van der Waals surface area contributed by atoms with E-state index in [4.69, 9.17) is 0 Å².